The second-order valence-electron chi connectivity index (χ2n) is 6.92. The maximum Gasteiger partial charge on any atom is 0.263 e. The maximum absolute atomic E-state index is 13.5. The van der Waals surface area contributed by atoms with Crippen LogP contribution in [0.25, 0.3) is 21.3 Å². The van der Waals surface area contributed by atoms with Crippen molar-refractivity contribution in [3.8, 4) is 11.1 Å². The van der Waals surface area contributed by atoms with Crippen LogP contribution in [0.5, 0.6) is 0 Å². The Kier molecular flexibility index (Phi) is 5.40. The third-order valence-electron chi connectivity index (χ3n) is 4.68. The third kappa shape index (κ3) is 3.39. The summed E-state index contributed by atoms with van der Waals surface area (Å²) in [5, 5.41) is 3.13. The summed E-state index contributed by atoms with van der Waals surface area (Å²) in [6, 6.07) is 4.95. The predicted octanol–water partition coefficient (Wildman–Crippen LogP) is 4.65. The Labute approximate surface area is 166 Å². The van der Waals surface area contributed by atoms with Crippen LogP contribution in [-0.2, 0) is 4.79 Å². The Hall–Kier alpha value is -2.18. The van der Waals surface area contributed by atoms with Gasteiger partial charge in [0.05, 0.1) is 5.39 Å². The first kappa shape index (κ1) is 19.6. The molecule has 0 aliphatic heterocycles. The van der Waals surface area contributed by atoms with Crippen molar-refractivity contribution in [2.45, 2.75) is 46.1 Å². The number of halogens is 1. The molecule has 0 saturated carbocycles. The molecule has 0 fully saturated rings. The van der Waals surface area contributed by atoms with Gasteiger partial charge in [-0.25, -0.2) is 4.98 Å². The second kappa shape index (κ2) is 7.44. The van der Waals surface area contributed by atoms with Crippen LogP contribution in [0, 0.1) is 6.92 Å². The van der Waals surface area contributed by atoms with Gasteiger partial charge in [-0.3, -0.25) is 14.2 Å². The molecular formula is C20H22ClN3O2S. The minimum Gasteiger partial charge on any atom is -0.368 e. The molecule has 2 aromatic heterocycles. The third-order valence-corrected chi connectivity index (χ3v) is 5.98. The minimum atomic E-state index is -0.716. The first-order valence-corrected chi connectivity index (χ1v) is 10.1. The van der Waals surface area contributed by atoms with Gasteiger partial charge < -0.3 is 5.73 Å². The van der Waals surface area contributed by atoms with Crippen LogP contribution in [-0.4, -0.2) is 15.5 Å². The summed E-state index contributed by atoms with van der Waals surface area (Å²) in [5.41, 5.74) is 8.00. The van der Waals surface area contributed by atoms with Gasteiger partial charge in [-0.05, 0) is 36.6 Å². The number of thiophene rings is 1. The van der Waals surface area contributed by atoms with Crippen LogP contribution < -0.4 is 11.3 Å². The fourth-order valence-electron chi connectivity index (χ4n) is 3.26. The van der Waals surface area contributed by atoms with Gasteiger partial charge in [0, 0.05) is 21.9 Å². The smallest absolute Gasteiger partial charge is 0.263 e. The lowest BCUT2D eigenvalue weighted by Crippen LogP contribution is -2.36. The van der Waals surface area contributed by atoms with Crippen LogP contribution in [0.4, 0.5) is 0 Å². The summed E-state index contributed by atoms with van der Waals surface area (Å²) >= 11 is 7.57. The first-order valence-electron chi connectivity index (χ1n) is 8.85. The zero-order valence-electron chi connectivity index (χ0n) is 15.7. The summed E-state index contributed by atoms with van der Waals surface area (Å²) in [4.78, 5) is 30.8. The van der Waals surface area contributed by atoms with Gasteiger partial charge in [0.2, 0.25) is 5.91 Å². The maximum atomic E-state index is 13.5. The molecule has 0 aliphatic carbocycles. The Bertz CT molecular complexity index is 1080. The van der Waals surface area contributed by atoms with E-state index < -0.39 is 11.9 Å². The first-order chi connectivity index (χ1) is 12.8. The number of aryl methyl sites for hydroxylation is 1. The van der Waals surface area contributed by atoms with Gasteiger partial charge in [0.1, 0.15) is 16.7 Å². The molecule has 1 unspecified atom stereocenters. The predicted molar refractivity (Wildman–Crippen MR) is 112 cm³/mol. The molecule has 0 spiro atoms. The molecule has 0 aliphatic rings. The Morgan fingerprint density at radius 3 is 2.63 bits per heavy atom. The summed E-state index contributed by atoms with van der Waals surface area (Å²) in [5.74, 6) is 0.0411. The van der Waals surface area contributed by atoms with Crippen molar-refractivity contribution < 1.29 is 4.79 Å². The van der Waals surface area contributed by atoms with E-state index in [0.717, 1.165) is 16.7 Å². The molecule has 2 heterocycles. The number of carbonyl (C=O) groups is 1. The van der Waals surface area contributed by atoms with Crippen molar-refractivity contribution in [2.75, 3.05) is 0 Å². The monoisotopic (exact) mass is 403 g/mol. The standard InChI is InChI=1S/C20H22ClN3O2S/c1-5-15(17(22)25)24-18(10(2)3)23-19-16(20(24)26)13(9-27-19)12-6-7-14(21)11(4)8-12/h6-10,15H,5H2,1-4H3,(H2,22,25). The quantitative estimate of drug-likeness (QED) is 0.673. The average molecular weight is 404 g/mol. The highest BCUT2D eigenvalue weighted by atomic mass is 35.5. The normalized spacial score (nSPS) is 12.7. The van der Waals surface area contributed by atoms with E-state index in [1.807, 2.05) is 51.3 Å². The molecule has 3 rings (SSSR count). The van der Waals surface area contributed by atoms with Gasteiger partial charge >= 0.3 is 0 Å². The average Bonchev–Trinajstić information content (AvgIpc) is 3.03. The molecule has 0 radical (unpaired) electrons. The van der Waals surface area contributed by atoms with Gasteiger partial charge in [-0.15, -0.1) is 11.3 Å². The number of nitrogens with two attached hydrogens (primary N) is 1. The number of benzene rings is 1. The molecule has 0 bridgehead atoms. The lowest BCUT2D eigenvalue weighted by Gasteiger charge is -2.21. The number of carbonyl (C=O) groups excluding carboxylic acids is 1. The molecule has 0 saturated heterocycles. The van der Waals surface area contributed by atoms with E-state index in [-0.39, 0.29) is 11.5 Å². The van der Waals surface area contributed by atoms with Crippen LogP contribution in [0.3, 0.4) is 0 Å². The zero-order chi connectivity index (χ0) is 19.9. The number of nitrogens with zero attached hydrogens (tertiary/aromatic N) is 2. The van der Waals surface area contributed by atoms with Crippen LogP contribution >= 0.6 is 22.9 Å². The van der Waals surface area contributed by atoms with Gasteiger partial charge in [-0.2, -0.15) is 0 Å². The number of primary amides is 1. The molecule has 1 atom stereocenters. The fraction of sp³-hybridized carbons (Fsp3) is 0.350. The van der Waals surface area contributed by atoms with Crippen LogP contribution in [0.15, 0.2) is 28.4 Å². The summed E-state index contributed by atoms with van der Waals surface area (Å²) in [6.07, 6.45) is 0.432. The molecule has 27 heavy (non-hydrogen) atoms. The Morgan fingerprint density at radius 2 is 2.07 bits per heavy atom. The number of hydrogen-bond acceptors (Lipinski definition) is 4. The van der Waals surface area contributed by atoms with Crippen LogP contribution in [0.1, 0.15) is 50.5 Å². The van der Waals surface area contributed by atoms with E-state index in [9.17, 15) is 9.59 Å². The Morgan fingerprint density at radius 1 is 1.37 bits per heavy atom. The lowest BCUT2D eigenvalue weighted by molar-refractivity contribution is -0.121. The Balaban J connectivity index is 2.36. The van der Waals surface area contributed by atoms with Crippen molar-refractivity contribution in [2.24, 2.45) is 5.73 Å². The molecule has 142 valence electrons. The zero-order valence-corrected chi connectivity index (χ0v) is 17.3. The highest BCUT2D eigenvalue weighted by Crippen LogP contribution is 2.34. The molecular weight excluding hydrogens is 382 g/mol. The number of amides is 1. The molecule has 1 aromatic carbocycles. The largest absolute Gasteiger partial charge is 0.368 e. The van der Waals surface area contributed by atoms with E-state index in [2.05, 4.69) is 0 Å². The highest BCUT2D eigenvalue weighted by Gasteiger charge is 2.25. The lowest BCUT2D eigenvalue weighted by atomic mass is 10.0. The summed E-state index contributed by atoms with van der Waals surface area (Å²) in [6.45, 7) is 7.67. The van der Waals surface area contributed by atoms with Crippen molar-refractivity contribution in [1.82, 2.24) is 9.55 Å². The molecule has 5 nitrogen and oxygen atoms in total. The van der Waals surface area contributed by atoms with Crippen LogP contribution in [0.2, 0.25) is 5.02 Å². The van der Waals surface area contributed by atoms with E-state index in [1.165, 1.54) is 15.9 Å². The van der Waals surface area contributed by atoms with E-state index >= 15 is 0 Å². The second-order valence-corrected chi connectivity index (χ2v) is 8.19. The molecule has 3 aromatic rings. The molecule has 1 amide bonds. The van der Waals surface area contributed by atoms with Crippen molar-refractivity contribution in [3.63, 3.8) is 0 Å². The fourth-order valence-corrected chi connectivity index (χ4v) is 4.33. The van der Waals surface area contributed by atoms with Gasteiger partial charge in [0.25, 0.3) is 5.56 Å². The number of aromatic nitrogens is 2. The topological polar surface area (TPSA) is 78.0 Å². The number of fused-ring (bicyclic) bond motifs is 1. The summed E-state index contributed by atoms with van der Waals surface area (Å²) in [7, 11) is 0. The van der Waals surface area contributed by atoms with Gasteiger partial charge in [-0.1, -0.05) is 38.4 Å². The van der Waals surface area contributed by atoms with E-state index in [0.29, 0.717) is 27.5 Å². The minimum absolute atomic E-state index is 0.0150. The van der Waals surface area contributed by atoms with Gasteiger partial charge in [0.15, 0.2) is 0 Å². The molecule has 7 heteroatoms. The van der Waals surface area contributed by atoms with Crippen molar-refractivity contribution >= 4 is 39.1 Å². The highest BCUT2D eigenvalue weighted by molar-refractivity contribution is 7.17. The number of hydrogen-bond donors (Lipinski definition) is 1. The van der Waals surface area contributed by atoms with E-state index in [1.54, 1.807) is 0 Å². The number of rotatable bonds is 5. The van der Waals surface area contributed by atoms with E-state index in [4.69, 9.17) is 22.3 Å². The SMILES string of the molecule is CCC(C(N)=O)n1c(C(C)C)nc2scc(-c3ccc(Cl)c(C)c3)c2c1=O. The van der Waals surface area contributed by atoms with Crippen molar-refractivity contribution in [3.05, 3.63) is 50.3 Å². The summed E-state index contributed by atoms with van der Waals surface area (Å²) < 4.78 is 1.48. The molecule has 2 N–H and O–H groups in total. The van der Waals surface area contributed by atoms with Crippen molar-refractivity contribution in [1.29, 1.82) is 0 Å².